The summed E-state index contributed by atoms with van der Waals surface area (Å²) in [5.74, 6) is -2.47. The minimum absolute atomic E-state index is 0.0532. The third-order valence-corrected chi connectivity index (χ3v) is 2.39. The molecule has 1 aromatic carbocycles. The van der Waals surface area contributed by atoms with E-state index in [1.807, 2.05) is 0 Å². The van der Waals surface area contributed by atoms with Crippen LogP contribution in [0.1, 0.15) is 16.1 Å². The summed E-state index contributed by atoms with van der Waals surface area (Å²) >= 11 is 0. The number of hydrogen-bond acceptors (Lipinski definition) is 3. The van der Waals surface area contributed by atoms with Crippen molar-refractivity contribution in [3.8, 4) is 11.3 Å². The quantitative estimate of drug-likeness (QED) is 0.889. The van der Waals surface area contributed by atoms with Gasteiger partial charge in [-0.05, 0) is 36.8 Å². The predicted octanol–water partition coefficient (Wildman–Crippen LogP) is 2.43. The van der Waals surface area contributed by atoms with Gasteiger partial charge in [0.25, 0.3) is 0 Å². The van der Waals surface area contributed by atoms with E-state index < -0.39 is 17.6 Å². The van der Waals surface area contributed by atoms with E-state index in [0.717, 1.165) is 18.2 Å². The number of carboxylic acids is 1. The maximum Gasteiger partial charge on any atom is 0.356 e. The summed E-state index contributed by atoms with van der Waals surface area (Å²) in [5.41, 5.74) is 0.156. The Labute approximate surface area is 101 Å². The molecule has 0 saturated carbocycles. The maximum atomic E-state index is 13.5. The maximum absolute atomic E-state index is 13.5. The van der Waals surface area contributed by atoms with E-state index >= 15 is 0 Å². The van der Waals surface area contributed by atoms with Crippen molar-refractivity contribution in [2.75, 3.05) is 0 Å². The summed E-state index contributed by atoms with van der Waals surface area (Å²) in [5, 5.41) is 15.9. The van der Waals surface area contributed by atoms with Crippen LogP contribution < -0.4 is 0 Å². The van der Waals surface area contributed by atoms with Gasteiger partial charge < -0.3 is 5.11 Å². The highest BCUT2D eigenvalue weighted by Gasteiger charge is 2.14. The van der Waals surface area contributed by atoms with Crippen LogP contribution in [0.5, 0.6) is 0 Å². The van der Waals surface area contributed by atoms with Gasteiger partial charge in [0.1, 0.15) is 11.6 Å². The van der Waals surface area contributed by atoms with Crippen LogP contribution in [-0.4, -0.2) is 21.3 Å². The number of benzene rings is 1. The van der Waals surface area contributed by atoms with Crippen LogP contribution in [0.3, 0.4) is 0 Å². The SMILES string of the molecule is Cc1cc(-c2cc(F)ccc2F)nnc1C(=O)O. The number of aromatic nitrogens is 2. The Hall–Kier alpha value is -2.37. The molecular formula is C12H8F2N2O2. The Morgan fingerprint density at radius 3 is 2.56 bits per heavy atom. The van der Waals surface area contributed by atoms with Crippen molar-refractivity contribution >= 4 is 5.97 Å². The molecule has 1 heterocycles. The van der Waals surface area contributed by atoms with Crippen LogP contribution in [-0.2, 0) is 0 Å². The minimum Gasteiger partial charge on any atom is -0.476 e. The molecule has 0 spiro atoms. The first-order valence-corrected chi connectivity index (χ1v) is 5.02. The number of halogens is 2. The Bertz CT molecular complexity index is 629. The number of rotatable bonds is 2. The number of aryl methyl sites for hydroxylation is 1. The van der Waals surface area contributed by atoms with Gasteiger partial charge in [-0.15, -0.1) is 10.2 Å². The van der Waals surface area contributed by atoms with Gasteiger partial charge in [0.15, 0.2) is 5.69 Å². The van der Waals surface area contributed by atoms with E-state index in [9.17, 15) is 13.6 Å². The second-order valence-corrected chi connectivity index (χ2v) is 3.69. The fourth-order valence-corrected chi connectivity index (χ4v) is 1.52. The molecule has 2 rings (SSSR count). The molecule has 2 aromatic rings. The number of carbonyl (C=O) groups is 1. The lowest BCUT2D eigenvalue weighted by atomic mass is 10.1. The molecule has 0 aliphatic heterocycles. The van der Waals surface area contributed by atoms with Gasteiger partial charge in [-0.2, -0.15) is 0 Å². The monoisotopic (exact) mass is 250 g/mol. The first kappa shape index (κ1) is 12.1. The Balaban J connectivity index is 2.55. The average Bonchev–Trinajstić information content (AvgIpc) is 2.31. The zero-order valence-corrected chi connectivity index (χ0v) is 9.32. The highest BCUT2D eigenvalue weighted by atomic mass is 19.1. The lowest BCUT2D eigenvalue weighted by molar-refractivity contribution is 0.0688. The largest absolute Gasteiger partial charge is 0.476 e. The number of nitrogens with zero attached hydrogens (tertiary/aromatic N) is 2. The van der Waals surface area contributed by atoms with Crippen molar-refractivity contribution in [1.29, 1.82) is 0 Å². The van der Waals surface area contributed by atoms with E-state index in [2.05, 4.69) is 10.2 Å². The van der Waals surface area contributed by atoms with Crippen LogP contribution in [0.4, 0.5) is 8.78 Å². The molecule has 0 radical (unpaired) electrons. The molecule has 0 unspecified atom stereocenters. The van der Waals surface area contributed by atoms with Crippen LogP contribution in [0.25, 0.3) is 11.3 Å². The smallest absolute Gasteiger partial charge is 0.356 e. The van der Waals surface area contributed by atoms with Crippen molar-refractivity contribution in [3.63, 3.8) is 0 Å². The van der Waals surface area contributed by atoms with Crippen LogP contribution >= 0.6 is 0 Å². The second kappa shape index (κ2) is 4.48. The van der Waals surface area contributed by atoms with Gasteiger partial charge in [0.05, 0.1) is 5.69 Å². The fraction of sp³-hybridized carbons (Fsp3) is 0.0833. The zero-order chi connectivity index (χ0) is 13.3. The number of aromatic carboxylic acids is 1. The van der Waals surface area contributed by atoms with Gasteiger partial charge in [-0.25, -0.2) is 13.6 Å². The van der Waals surface area contributed by atoms with Crippen molar-refractivity contribution in [2.45, 2.75) is 6.92 Å². The third-order valence-electron chi connectivity index (χ3n) is 2.39. The Morgan fingerprint density at radius 1 is 1.22 bits per heavy atom. The lowest BCUT2D eigenvalue weighted by Crippen LogP contribution is -2.06. The highest BCUT2D eigenvalue weighted by molar-refractivity contribution is 5.87. The summed E-state index contributed by atoms with van der Waals surface area (Å²) < 4.78 is 26.5. The first-order chi connectivity index (χ1) is 8.49. The molecule has 0 aliphatic rings. The molecule has 0 bridgehead atoms. The van der Waals surface area contributed by atoms with E-state index in [1.54, 1.807) is 0 Å². The van der Waals surface area contributed by atoms with E-state index in [4.69, 9.17) is 5.11 Å². The number of hydrogen-bond donors (Lipinski definition) is 1. The number of carboxylic acid groups (broad SMARTS) is 1. The summed E-state index contributed by atoms with van der Waals surface area (Å²) in [4.78, 5) is 10.8. The van der Waals surface area contributed by atoms with Gasteiger partial charge in [-0.1, -0.05) is 0 Å². The molecule has 4 nitrogen and oxygen atoms in total. The standard InChI is InChI=1S/C12H8F2N2O2/c1-6-4-10(15-16-11(6)12(17)18)8-5-7(13)2-3-9(8)14/h2-5H,1H3,(H,17,18). The molecule has 0 saturated heterocycles. The molecule has 1 aromatic heterocycles. The second-order valence-electron chi connectivity index (χ2n) is 3.69. The van der Waals surface area contributed by atoms with E-state index in [1.165, 1.54) is 13.0 Å². The Morgan fingerprint density at radius 2 is 1.94 bits per heavy atom. The molecule has 18 heavy (non-hydrogen) atoms. The Kier molecular flexibility index (Phi) is 3.01. The third kappa shape index (κ3) is 2.17. The van der Waals surface area contributed by atoms with Crippen molar-refractivity contribution in [1.82, 2.24) is 10.2 Å². The molecule has 0 fully saturated rings. The lowest BCUT2D eigenvalue weighted by Gasteiger charge is -2.04. The molecule has 0 atom stereocenters. The van der Waals surface area contributed by atoms with Gasteiger partial charge in [0, 0.05) is 5.56 Å². The van der Waals surface area contributed by atoms with Crippen molar-refractivity contribution in [2.24, 2.45) is 0 Å². The molecule has 6 heteroatoms. The molecule has 92 valence electrons. The highest BCUT2D eigenvalue weighted by Crippen LogP contribution is 2.22. The summed E-state index contributed by atoms with van der Waals surface area (Å²) in [7, 11) is 0. The van der Waals surface area contributed by atoms with Crippen molar-refractivity contribution < 1.29 is 18.7 Å². The van der Waals surface area contributed by atoms with Crippen LogP contribution in [0.15, 0.2) is 24.3 Å². The normalized spacial score (nSPS) is 10.4. The topological polar surface area (TPSA) is 63.1 Å². The minimum atomic E-state index is -1.22. The van der Waals surface area contributed by atoms with Crippen LogP contribution in [0, 0.1) is 18.6 Å². The van der Waals surface area contributed by atoms with E-state index in [0.29, 0.717) is 5.56 Å². The average molecular weight is 250 g/mol. The van der Waals surface area contributed by atoms with E-state index in [-0.39, 0.29) is 17.0 Å². The van der Waals surface area contributed by atoms with Crippen molar-refractivity contribution in [3.05, 3.63) is 47.2 Å². The zero-order valence-electron chi connectivity index (χ0n) is 9.32. The molecule has 1 N–H and O–H groups in total. The molecule has 0 amide bonds. The summed E-state index contributed by atoms with van der Waals surface area (Å²) in [6, 6.07) is 4.31. The molecular weight excluding hydrogens is 242 g/mol. The summed E-state index contributed by atoms with van der Waals surface area (Å²) in [6.07, 6.45) is 0. The predicted molar refractivity (Wildman–Crippen MR) is 59.1 cm³/mol. The first-order valence-electron chi connectivity index (χ1n) is 5.02. The van der Waals surface area contributed by atoms with Crippen LogP contribution in [0.2, 0.25) is 0 Å². The molecule has 0 aliphatic carbocycles. The van der Waals surface area contributed by atoms with Gasteiger partial charge in [0.2, 0.25) is 0 Å². The summed E-state index contributed by atoms with van der Waals surface area (Å²) in [6.45, 7) is 1.51. The van der Waals surface area contributed by atoms with Gasteiger partial charge in [-0.3, -0.25) is 0 Å². The van der Waals surface area contributed by atoms with Gasteiger partial charge >= 0.3 is 5.97 Å². The fourth-order valence-electron chi connectivity index (χ4n) is 1.52.